The third-order valence-corrected chi connectivity index (χ3v) is 6.04. The van der Waals surface area contributed by atoms with Crippen molar-refractivity contribution in [3.63, 3.8) is 0 Å². The molecule has 1 N–H and O–H groups in total. The molecule has 0 unspecified atom stereocenters. The summed E-state index contributed by atoms with van der Waals surface area (Å²) in [6, 6.07) is 14.4. The molecular weight excluding hydrogens is 406 g/mol. The van der Waals surface area contributed by atoms with E-state index in [1.54, 1.807) is 19.2 Å². The summed E-state index contributed by atoms with van der Waals surface area (Å²) in [6.45, 7) is 1.18. The Bertz CT molecular complexity index is 1180. The Kier molecular flexibility index (Phi) is 6.63. The second kappa shape index (κ2) is 9.77. The van der Waals surface area contributed by atoms with Gasteiger partial charge in [-0.05, 0) is 43.5 Å². The molecule has 1 aliphatic heterocycles. The third-order valence-electron chi connectivity index (χ3n) is 6.04. The number of aromatic nitrogens is 2. The van der Waals surface area contributed by atoms with Gasteiger partial charge in [0.15, 0.2) is 5.78 Å². The van der Waals surface area contributed by atoms with Gasteiger partial charge in [0.05, 0.1) is 18.0 Å². The first-order valence-electron chi connectivity index (χ1n) is 11.0. The number of carbonyl (C=O) groups is 2. The number of aromatic amines is 1. The lowest BCUT2D eigenvalue weighted by molar-refractivity contribution is -0.132. The van der Waals surface area contributed by atoms with Crippen molar-refractivity contribution < 1.29 is 14.3 Å². The highest BCUT2D eigenvalue weighted by Gasteiger charge is 2.28. The Morgan fingerprint density at radius 1 is 1.12 bits per heavy atom. The second-order valence-electron chi connectivity index (χ2n) is 8.13. The lowest BCUT2D eigenvalue weighted by Gasteiger charge is -2.31. The SMILES string of the molecule is COc1cccc(C(=O)C2CCN(C(=O)CCCc3nc4ccccc4c(=O)[nH]3)CC2)c1. The Balaban J connectivity index is 1.27. The molecule has 2 heterocycles. The summed E-state index contributed by atoms with van der Waals surface area (Å²) in [5, 5.41) is 0.568. The zero-order chi connectivity index (χ0) is 22.5. The lowest BCUT2D eigenvalue weighted by atomic mass is 9.88. The molecule has 3 aromatic rings. The number of benzene rings is 2. The zero-order valence-corrected chi connectivity index (χ0v) is 18.2. The van der Waals surface area contributed by atoms with E-state index in [0.29, 0.717) is 73.2 Å². The molecule has 0 spiro atoms. The number of rotatable bonds is 7. The van der Waals surface area contributed by atoms with Gasteiger partial charge in [0.25, 0.3) is 5.56 Å². The largest absolute Gasteiger partial charge is 0.497 e. The molecule has 1 saturated heterocycles. The van der Waals surface area contributed by atoms with E-state index in [-0.39, 0.29) is 23.2 Å². The van der Waals surface area contributed by atoms with Crippen LogP contribution in [-0.4, -0.2) is 46.8 Å². The van der Waals surface area contributed by atoms with E-state index >= 15 is 0 Å². The number of ether oxygens (including phenoxy) is 1. The van der Waals surface area contributed by atoms with E-state index in [0.717, 1.165) is 0 Å². The summed E-state index contributed by atoms with van der Waals surface area (Å²) in [5.74, 6) is 1.40. The number of Topliss-reactive ketones (excluding diaryl/α,β-unsaturated/α-hetero) is 1. The van der Waals surface area contributed by atoms with Crippen molar-refractivity contribution in [2.75, 3.05) is 20.2 Å². The molecule has 0 saturated carbocycles. The molecule has 0 aliphatic carbocycles. The van der Waals surface area contributed by atoms with Crippen LogP contribution in [0.3, 0.4) is 0 Å². The summed E-state index contributed by atoms with van der Waals surface area (Å²) in [6.07, 6.45) is 2.88. The van der Waals surface area contributed by atoms with E-state index in [4.69, 9.17) is 4.74 Å². The Morgan fingerprint density at radius 3 is 2.69 bits per heavy atom. The number of H-pyrrole nitrogens is 1. The van der Waals surface area contributed by atoms with E-state index in [2.05, 4.69) is 9.97 Å². The van der Waals surface area contributed by atoms with Crippen LogP contribution in [0.15, 0.2) is 53.3 Å². The molecule has 0 bridgehead atoms. The number of amides is 1. The van der Waals surface area contributed by atoms with Gasteiger partial charge in [0.2, 0.25) is 5.91 Å². The van der Waals surface area contributed by atoms with Gasteiger partial charge in [-0.1, -0.05) is 24.3 Å². The van der Waals surface area contributed by atoms with Crippen LogP contribution in [-0.2, 0) is 11.2 Å². The lowest BCUT2D eigenvalue weighted by Crippen LogP contribution is -2.40. The number of piperidine rings is 1. The zero-order valence-electron chi connectivity index (χ0n) is 18.2. The molecule has 1 fully saturated rings. The maximum atomic E-state index is 12.8. The molecular formula is C25H27N3O4. The first-order valence-corrected chi connectivity index (χ1v) is 11.0. The Labute approximate surface area is 186 Å². The summed E-state index contributed by atoms with van der Waals surface area (Å²) >= 11 is 0. The molecule has 7 nitrogen and oxygen atoms in total. The summed E-state index contributed by atoms with van der Waals surface area (Å²) < 4.78 is 5.21. The molecule has 4 rings (SSSR count). The van der Waals surface area contributed by atoms with Gasteiger partial charge < -0.3 is 14.6 Å². The van der Waals surface area contributed by atoms with Crippen molar-refractivity contribution in [2.45, 2.75) is 32.1 Å². The van der Waals surface area contributed by atoms with Gasteiger partial charge in [-0.2, -0.15) is 0 Å². The topological polar surface area (TPSA) is 92.4 Å². The maximum Gasteiger partial charge on any atom is 0.258 e. The van der Waals surface area contributed by atoms with Gasteiger partial charge in [0.1, 0.15) is 11.6 Å². The van der Waals surface area contributed by atoms with Gasteiger partial charge in [0, 0.05) is 37.4 Å². The second-order valence-corrected chi connectivity index (χ2v) is 8.13. The maximum absolute atomic E-state index is 12.8. The number of nitrogens with one attached hydrogen (secondary N) is 1. The van der Waals surface area contributed by atoms with Gasteiger partial charge in [-0.3, -0.25) is 14.4 Å². The van der Waals surface area contributed by atoms with Crippen molar-refractivity contribution >= 4 is 22.6 Å². The highest BCUT2D eigenvalue weighted by atomic mass is 16.5. The fraction of sp³-hybridized carbons (Fsp3) is 0.360. The highest BCUT2D eigenvalue weighted by molar-refractivity contribution is 5.98. The van der Waals surface area contributed by atoms with Crippen molar-refractivity contribution in [3.05, 3.63) is 70.3 Å². The molecule has 7 heteroatoms. The minimum atomic E-state index is -0.153. The fourth-order valence-corrected chi connectivity index (χ4v) is 4.22. The van der Waals surface area contributed by atoms with E-state index < -0.39 is 0 Å². The van der Waals surface area contributed by atoms with Crippen molar-refractivity contribution in [2.24, 2.45) is 5.92 Å². The molecule has 1 aliphatic rings. The van der Waals surface area contributed by atoms with Crippen LogP contribution in [0.1, 0.15) is 41.9 Å². The van der Waals surface area contributed by atoms with Crippen molar-refractivity contribution in [3.8, 4) is 5.75 Å². The number of aryl methyl sites for hydroxylation is 1. The van der Waals surface area contributed by atoms with Crippen LogP contribution in [0.25, 0.3) is 10.9 Å². The molecule has 0 atom stereocenters. The molecule has 1 aromatic heterocycles. The van der Waals surface area contributed by atoms with Crippen molar-refractivity contribution in [1.82, 2.24) is 14.9 Å². The van der Waals surface area contributed by atoms with E-state index in [9.17, 15) is 14.4 Å². The Morgan fingerprint density at radius 2 is 1.91 bits per heavy atom. The fourth-order valence-electron chi connectivity index (χ4n) is 4.22. The molecule has 166 valence electrons. The van der Waals surface area contributed by atoms with Crippen LogP contribution in [0.4, 0.5) is 0 Å². The Hall–Kier alpha value is -3.48. The van der Waals surface area contributed by atoms with E-state index in [1.807, 2.05) is 41.3 Å². The number of ketones is 1. The van der Waals surface area contributed by atoms with E-state index in [1.165, 1.54) is 0 Å². The van der Waals surface area contributed by atoms with Gasteiger partial charge in [-0.15, -0.1) is 0 Å². The smallest absolute Gasteiger partial charge is 0.258 e. The van der Waals surface area contributed by atoms with Gasteiger partial charge in [-0.25, -0.2) is 4.98 Å². The summed E-state index contributed by atoms with van der Waals surface area (Å²) in [5.41, 5.74) is 1.17. The van der Waals surface area contributed by atoms with Crippen LogP contribution >= 0.6 is 0 Å². The van der Waals surface area contributed by atoms with Crippen LogP contribution < -0.4 is 10.3 Å². The predicted octanol–water partition coefficient (Wildman–Crippen LogP) is 3.38. The van der Waals surface area contributed by atoms with Crippen LogP contribution in [0, 0.1) is 5.92 Å². The predicted molar refractivity (Wildman–Crippen MR) is 122 cm³/mol. The van der Waals surface area contributed by atoms with Gasteiger partial charge >= 0.3 is 0 Å². The quantitative estimate of drug-likeness (QED) is 0.577. The number of para-hydroxylation sites is 1. The summed E-state index contributed by atoms with van der Waals surface area (Å²) in [4.78, 5) is 46.7. The number of hydrogen-bond donors (Lipinski definition) is 1. The number of nitrogens with zero attached hydrogens (tertiary/aromatic N) is 2. The highest BCUT2D eigenvalue weighted by Crippen LogP contribution is 2.24. The van der Waals surface area contributed by atoms with Crippen molar-refractivity contribution in [1.29, 1.82) is 0 Å². The normalized spacial score (nSPS) is 14.5. The monoisotopic (exact) mass is 433 g/mol. The third kappa shape index (κ3) is 4.88. The average Bonchev–Trinajstić information content (AvgIpc) is 2.83. The minimum Gasteiger partial charge on any atom is -0.497 e. The standard InChI is InChI=1S/C25H27N3O4/c1-32-19-7-4-6-18(16-19)24(30)17-12-14-28(15-13-17)23(29)11-5-10-22-26-21-9-3-2-8-20(21)25(31)27-22/h2-4,6-9,16-17H,5,10-15H2,1H3,(H,26,27,31). The first kappa shape index (κ1) is 21.7. The first-order chi connectivity index (χ1) is 15.5. The summed E-state index contributed by atoms with van der Waals surface area (Å²) in [7, 11) is 1.58. The molecule has 32 heavy (non-hydrogen) atoms. The number of fused-ring (bicyclic) bond motifs is 1. The molecule has 2 aromatic carbocycles. The average molecular weight is 434 g/mol. The molecule has 0 radical (unpaired) electrons. The van der Waals surface area contributed by atoms with Crippen LogP contribution in [0.2, 0.25) is 0 Å². The molecule has 1 amide bonds. The number of carbonyl (C=O) groups excluding carboxylic acids is 2. The van der Waals surface area contributed by atoms with Crippen LogP contribution in [0.5, 0.6) is 5.75 Å². The number of likely N-dealkylation sites (tertiary alicyclic amines) is 1. The number of methoxy groups -OCH3 is 1. The minimum absolute atomic E-state index is 0.0713. The number of hydrogen-bond acceptors (Lipinski definition) is 5.